The fourth-order valence-electron chi connectivity index (χ4n) is 33.5. The van der Waals surface area contributed by atoms with Crippen molar-refractivity contribution in [1.82, 2.24) is 0 Å². The summed E-state index contributed by atoms with van der Waals surface area (Å²) in [4.78, 5) is 0. The van der Waals surface area contributed by atoms with Gasteiger partial charge in [0, 0.05) is 0 Å². The summed E-state index contributed by atoms with van der Waals surface area (Å²) in [6, 6.07) is 103. The summed E-state index contributed by atoms with van der Waals surface area (Å²) >= 11 is 0. The molecule has 16 aromatic rings. The first-order valence-electron chi connectivity index (χ1n) is 52.7. The summed E-state index contributed by atoms with van der Waals surface area (Å²) in [5.41, 5.74) is 31.4. The quantitative estimate of drug-likeness (QED) is 0.107. The fraction of sp³-hybridized carbons (Fsp3) is 0.429. The first-order valence-corrected chi connectivity index (χ1v) is 52.7. The van der Waals surface area contributed by atoms with Crippen molar-refractivity contribution in [2.75, 3.05) is 0 Å². The van der Waals surface area contributed by atoms with Gasteiger partial charge in [-0.1, -0.05) is 409 Å². The molecule has 8 saturated carbocycles. The number of rotatable bonds is 12. The van der Waals surface area contributed by atoms with Crippen LogP contribution in [0.15, 0.2) is 267 Å². The van der Waals surface area contributed by atoms with E-state index in [1.54, 1.807) is 44.5 Å². The minimum Gasteiger partial charge on any atom is -0.0776 e. The van der Waals surface area contributed by atoms with Crippen LogP contribution in [-0.2, 0) is 77.0 Å². The first-order chi connectivity index (χ1) is 64.6. The molecule has 24 atom stereocenters. The lowest BCUT2D eigenvalue weighted by molar-refractivity contribution is 0.0482. The average molecular weight is 1850 g/mol. The highest BCUT2D eigenvalue weighted by atomic mass is 14.7. The normalized spacial score (nSPS) is 28.0. The number of hydrogen-bond acceptors (Lipinski definition) is 0. The third kappa shape index (κ3) is 15.6. The molecular formula is C140H168. The number of benzene rings is 16. The maximum absolute atomic E-state index is 2.61. The van der Waals surface area contributed by atoms with Crippen LogP contribution < -0.4 is 0 Å². The van der Waals surface area contributed by atoms with Crippen LogP contribution in [0.5, 0.6) is 0 Å². The van der Waals surface area contributed by atoms with Gasteiger partial charge in [-0.25, -0.2) is 0 Å². The van der Waals surface area contributed by atoms with Crippen LogP contribution in [0, 0.1) is 118 Å². The summed E-state index contributed by atoms with van der Waals surface area (Å²) in [7, 11) is 0. The van der Waals surface area contributed by atoms with Crippen LogP contribution in [0.1, 0.15) is 303 Å². The smallest absolute Gasteiger partial charge is 0.00133 e. The number of hydrogen-bond donors (Lipinski definition) is 0. The van der Waals surface area contributed by atoms with E-state index in [4.69, 9.17) is 0 Å². The maximum atomic E-state index is 2.61. The topological polar surface area (TPSA) is 0 Å². The Bertz CT molecular complexity index is 7060. The zero-order chi connectivity index (χ0) is 89.1. The molecule has 12 aliphatic rings. The number of aryl methyl sites for hydroxylation is 4. The molecule has 0 radical (unpaired) electrons. The Morgan fingerprint density at radius 3 is 0.679 bits per heavy atom. The molecule has 0 heteroatoms. The predicted octanol–water partition coefficient (Wildman–Crippen LogP) is 38.4. The molecule has 0 heterocycles. The second-order valence-corrected chi connectivity index (χ2v) is 45.3. The van der Waals surface area contributed by atoms with E-state index in [1.807, 2.05) is 0 Å². The second-order valence-electron chi connectivity index (χ2n) is 45.3. The minimum atomic E-state index is 0. The maximum Gasteiger partial charge on any atom is -0.00133 e. The third-order valence-corrected chi connectivity index (χ3v) is 39.9. The van der Waals surface area contributed by atoms with Gasteiger partial charge in [-0.2, -0.15) is 0 Å². The molecule has 0 amide bonds. The summed E-state index contributed by atoms with van der Waals surface area (Å²) in [6.07, 6.45) is 19.5. The summed E-state index contributed by atoms with van der Waals surface area (Å²) in [6.45, 7) is 29.2. The van der Waals surface area contributed by atoms with Gasteiger partial charge in [0.1, 0.15) is 0 Å². The minimum absolute atomic E-state index is 0. The lowest BCUT2D eigenvalue weighted by Crippen LogP contribution is -2.41. The molecule has 0 nitrogen and oxygen atoms in total. The van der Waals surface area contributed by atoms with Gasteiger partial charge in [0.05, 0.1) is 0 Å². The molecule has 16 aromatic carbocycles. The molecule has 8 fully saturated rings. The summed E-state index contributed by atoms with van der Waals surface area (Å²) in [5.74, 6) is 22.1. The van der Waals surface area contributed by atoms with Gasteiger partial charge in [-0.05, 0) is 442 Å². The Kier molecular flexibility index (Phi) is 28.7. The van der Waals surface area contributed by atoms with E-state index in [0.29, 0.717) is 0 Å². The molecule has 140 heavy (non-hydrogen) atoms. The highest BCUT2D eigenvalue weighted by Gasteiger charge is 2.64. The van der Waals surface area contributed by atoms with Crippen LogP contribution in [0.4, 0.5) is 0 Å². The highest BCUT2D eigenvalue weighted by molar-refractivity contribution is 6.10. The van der Waals surface area contributed by atoms with Gasteiger partial charge < -0.3 is 0 Å². The van der Waals surface area contributed by atoms with Crippen molar-refractivity contribution in [3.8, 4) is 0 Å². The van der Waals surface area contributed by atoms with Crippen molar-refractivity contribution in [2.24, 2.45) is 118 Å². The van der Waals surface area contributed by atoms with E-state index in [-0.39, 0.29) is 59.4 Å². The van der Waals surface area contributed by atoms with Crippen molar-refractivity contribution < 1.29 is 0 Å². The largest absolute Gasteiger partial charge is 0.0776 e. The van der Waals surface area contributed by atoms with E-state index in [9.17, 15) is 0 Å². The van der Waals surface area contributed by atoms with E-state index >= 15 is 0 Å². The molecule has 12 aliphatic carbocycles. The standard InChI is InChI=1S/4C33H34.8CH4/c1-4-23-25-9-5-7-11-27(25)29(28-12-8-6-10-26(23)28)17-21-13-14-24-22(16-21)18-31-32-20(3)19(2)15-30(32)33(24)31;1-4-23-25-9-5-7-11-27(25)29(28-12-8-6-10-26(23)28)17-21-13-14-24-22(16-21)18-31-30-15-19(2)20(3)32(30)33(24)31;1-4-23-24-9-5-7-11-26(24)29(27-12-8-6-10-25(23)27)17-21-13-14-22-18-31-32-20(3)19(2)15-30(32)33(31)28(22)16-21;1-4-23-24-9-5-7-11-26(24)29(27-12-8-6-10-25(23)27)17-21-13-14-22-18-31-30-15-19(2)20(3)32(30)33(31)28(22)16-21;;;;;;;;/h4*5-14,16,19-20,30-33H,4,15,17-18H2,1-3H3;8*1H4/t19-,20-,30+,31?,32-,33+;19-,20-,30-,31?,32-,33+;19-,20-,30+,31?,32-,33+;19-,20-,30-,31?,32-,33+;;;;;;;;/m1010......../s1. The Hall–Kier alpha value is -10.4. The Balaban J connectivity index is 0.000000126. The van der Waals surface area contributed by atoms with Gasteiger partial charge >= 0.3 is 0 Å². The molecule has 0 bridgehead atoms. The van der Waals surface area contributed by atoms with Crippen LogP contribution in [-0.4, -0.2) is 0 Å². The monoisotopic (exact) mass is 1850 g/mol. The molecule has 0 aromatic heterocycles. The summed E-state index contributed by atoms with van der Waals surface area (Å²) in [5, 5.41) is 23.0. The zero-order valence-electron chi connectivity index (χ0n) is 80.6. The lowest BCUT2D eigenvalue weighted by Gasteiger charge is -2.47. The third-order valence-electron chi connectivity index (χ3n) is 39.9. The van der Waals surface area contributed by atoms with E-state index in [0.717, 1.165) is 193 Å². The Morgan fingerprint density at radius 2 is 0.393 bits per heavy atom. The van der Waals surface area contributed by atoms with Crippen LogP contribution in [0.3, 0.4) is 0 Å². The van der Waals surface area contributed by atoms with Gasteiger partial charge in [-0.3, -0.25) is 0 Å². The van der Waals surface area contributed by atoms with E-state index < -0.39 is 0 Å². The Morgan fingerprint density at radius 1 is 0.186 bits per heavy atom. The van der Waals surface area contributed by atoms with Crippen molar-refractivity contribution >= 4 is 86.2 Å². The Labute approximate surface area is 845 Å². The molecular weight excluding hydrogens is 1680 g/mol. The van der Waals surface area contributed by atoms with Gasteiger partial charge in [0.2, 0.25) is 0 Å². The van der Waals surface area contributed by atoms with Crippen molar-refractivity contribution in [3.05, 3.63) is 378 Å². The molecule has 4 unspecified atom stereocenters. The molecule has 28 rings (SSSR count). The van der Waals surface area contributed by atoms with Crippen molar-refractivity contribution in [3.63, 3.8) is 0 Å². The van der Waals surface area contributed by atoms with Crippen molar-refractivity contribution in [2.45, 2.75) is 269 Å². The first kappa shape index (κ1) is 101. The molecule has 0 aliphatic heterocycles. The number of fused-ring (bicyclic) bond motifs is 32. The molecule has 0 saturated heterocycles. The SMILES string of the molecule is C.C.C.C.C.C.C.C.CCc1c2ccccc2c(Cc2ccc3c(c2)CC2[C@@H]3[C@H]3[C@@H](C)[C@@H](C)C[C@@H]23)c2ccccc12.CCc1c2ccccc2c(Cc2ccc3c(c2)CC2[C@@H]4[C@H](C)[C@H](C)C[C@@H]4[C@H]32)c2ccccc12.CCc1c2ccccc2c(Cc2ccc3c(c2)[C@@H]2C(C3)[C@@H]3C[C@H](C)[C@H](C)[C@H]23)c2ccccc12.CCc1c2ccccc2c(Cc2ccc3c(c2)[C@@H]2C(C3)[C@@H]3[C@H](C)[C@H](C)C[C@@H]32)c2ccccc12. The fourth-order valence-corrected chi connectivity index (χ4v) is 33.5. The van der Waals surface area contributed by atoms with Gasteiger partial charge in [0.25, 0.3) is 0 Å². The zero-order valence-corrected chi connectivity index (χ0v) is 80.6. The van der Waals surface area contributed by atoms with E-state index in [1.165, 1.54) is 204 Å². The van der Waals surface area contributed by atoms with E-state index in [2.05, 4.69) is 350 Å². The molecule has 0 N–H and O–H groups in total. The lowest BCUT2D eigenvalue weighted by atomic mass is 9.56. The van der Waals surface area contributed by atoms with Crippen LogP contribution >= 0.6 is 0 Å². The highest BCUT2D eigenvalue weighted by Crippen LogP contribution is 2.72. The average Bonchev–Trinajstić information content (AvgIpc) is 1.55. The van der Waals surface area contributed by atoms with Crippen LogP contribution in [0.25, 0.3) is 86.2 Å². The molecule has 0 spiro atoms. The second kappa shape index (κ2) is 39.7. The van der Waals surface area contributed by atoms with Gasteiger partial charge in [0.15, 0.2) is 0 Å². The summed E-state index contributed by atoms with van der Waals surface area (Å²) < 4.78 is 0. The van der Waals surface area contributed by atoms with Crippen molar-refractivity contribution in [1.29, 1.82) is 0 Å². The molecule has 728 valence electrons. The van der Waals surface area contributed by atoms with Crippen LogP contribution in [0.2, 0.25) is 0 Å². The predicted molar refractivity (Wildman–Crippen MR) is 614 cm³/mol. The van der Waals surface area contributed by atoms with Gasteiger partial charge in [-0.15, -0.1) is 0 Å².